The molecule has 1 fully saturated rings. The van der Waals surface area contributed by atoms with Crippen molar-refractivity contribution in [1.82, 2.24) is 20.2 Å². The number of aryl methyl sites for hydroxylation is 3. The van der Waals surface area contributed by atoms with Gasteiger partial charge in [-0.25, -0.2) is 9.97 Å². The van der Waals surface area contributed by atoms with Crippen LogP contribution in [-0.4, -0.2) is 46.2 Å². The second-order valence-corrected chi connectivity index (χ2v) is 7.57. The fourth-order valence-corrected chi connectivity index (χ4v) is 4.08. The Morgan fingerprint density at radius 3 is 2.58 bits per heavy atom. The third-order valence-corrected chi connectivity index (χ3v) is 5.46. The lowest BCUT2D eigenvalue weighted by Gasteiger charge is -2.36. The zero-order chi connectivity index (χ0) is 18.5. The van der Waals surface area contributed by atoms with Crippen LogP contribution >= 0.6 is 11.8 Å². The molecule has 2 heterocycles. The minimum atomic E-state index is 0.0860. The van der Waals surface area contributed by atoms with Gasteiger partial charge in [0, 0.05) is 31.0 Å². The summed E-state index contributed by atoms with van der Waals surface area (Å²) in [6, 6.07) is 10.6. The molecule has 6 heteroatoms. The molecular weight excluding hydrogens is 344 g/mol. The molecule has 1 aromatic carbocycles. The van der Waals surface area contributed by atoms with Crippen LogP contribution in [0.3, 0.4) is 0 Å². The first-order valence-corrected chi connectivity index (χ1v) is 10.1. The van der Waals surface area contributed by atoms with E-state index in [-0.39, 0.29) is 11.9 Å². The predicted octanol–water partition coefficient (Wildman–Crippen LogP) is 2.92. The number of thioether (sulfide) groups is 1. The third-order valence-electron chi connectivity index (χ3n) is 4.62. The number of amides is 1. The Hall–Kier alpha value is -1.92. The van der Waals surface area contributed by atoms with Crippen LogP contribution in [0.1, 0.15) is 35.5 Å². The quantitative estimate of drug-likeness (QED) is 0.648. The number of nitrogens with zero attached hydrogens (tertiary/aromatic N) is 3. The van der Waals surface area contributed by atoms with Crippen molar-refractivity contribution in [3.05, 3.63) is 52.8 Å². The molecule has 1 saturated heterocycles. The van der Waals surface area contributed by atoms with Gasteiger partial charge in [-0.3, -0.25) is 4.79 Å². The molecule has 0 saturated carbocycles. The molecule has 0 bridgehead atoms. The van der Waals surface area contributed by atoms with Crippen LogP contribution in [0.2, 0.25) is 0 Å². The van der Waals surface area contributed by atoms with Gasteiger partial charge < -0.3 is 10.2 Å². The largest absolute Gasteiger partial charge is 0.332 e. The number of carbonyl (C=O) groups is 1. The van der Waals surface area contributed by atoms with Crippen LogP contribution in [-0.2, 0) is 11.2 Å². The van der Waals surface area contributed by atoms with Gasteiger partial charge in [0.05, 0.1) is 11.8 Å². The monoisotopic (exact) mass is 370 g/mol. The van der Waals surface area contributed by atoms with Crippen LogP contribution < -0.4 is 5.32 Å². The summed E-state index contributed by atoms with van der Waals surface area (Å²) in [7, 11) is 0. The maximum atomic E-state index is 12.9. The average Bonchev–Trinajstić information content (AvgIpc) is 2.65. The predicted molar refractivity (Wildman–Crippen MR) is 105 cm³/mol. The Balaban J connectivity index is 1.69. The molecule has 1 aromatic heterocycles. The molecule has 0 aliphatic carbocycles. The number of nitrogens with one attached hydrogen (secondary N) is 1. The molecule has 0 spiro atoms. The topological polar surface area (TPSA) is 58.1 Å². The highest BCUT2D eigenvalue weighted by Crippen LogP contribution is 2.25. The van der Waals surface area contributed by atoms with Crippen LogP contribution in [0, 0.1) is 13.8 Å². The van der Waals surface area contributed by atoms with Crippen LogP contribution in [0.25, 0.3) is 0 Å². The van der Waals surface area contributed by atoms with Gasteiger partial charge >= 0.3 is 0 Å². The Kier molecular flexibility index (Phi) is 6.27. The highest BCUT2D eigenvalue weighted by atomic mass is 32.2. The average molecular weight is 371 g/mol. The number of rotatable bonds is 5. The van der Waals surface area contributed by atoms with E-state index < -0.39 is 0 Å². The maximum Gasteiger partial charge on any atom is 0.233 e. The van der Waals surface area contributed by atoms with E-state index in [4.69, 9.17) is 0 Å². The molecule has 3 rings (SSSR count). The fraction of sp³-hybridized carbons (Fsp3) is 0.450. The first-order valence-electron chi connectivity index (χ1n) is 9.11. The van der Waals surface area contributed by atoms with Crippen molar-refractivity contribution >= 4 is 17.7 Å². The number of aromatic nitrogens is 2. The second-order valence-electron chi connectivity index (χ2n) is 6.62. The smallest absolute Gasteiger partial charge is 0.233 e. The van der Waals surface area contributed by atoms with Crippen molar-refractivity contribution in [2.45, 2.75) is 38.4 Å². The van der Waals surface area contributed by atoms with Crippen LogP contribution in [0.5, 0.6) is 0 Å². The molecule has 0 radical (unpaired) electrons. The summed E-state index contributed by atoms with van der Waals surface area (Å²) in [5.41, 5.74) is 4.38. The summed E-state index contributed by atoms with van der Waals surface area (Å²) in [6.45, 7) is 8.41. The van der Waals surface area contributed by atoms with E-state index in [1.165, 1.54) is 22.9 Å². The summed E-state index contributed by atoms with van der Waals surface area (Å²) in [4.78, 5) is 23.7. The number of benzene rings is 1. The number of hydrogen-bond donors (Lipinski definition) is 1. The van der Waals surface area contributed by atoms with Gasteiger partial charge in [0.25, 0.3) is 0 Å². The molecule has 5 nitrogen and oxygen atoms in total. The fourth-order valence-electron chi connectivity index (χ4n) is 3.24. The van der Waals surface area contributed by atoms with E-state index in [2.05, 4.69) is 46.5 Å². The zero-order valence-corrected chi connectivity index (χ0v) is 16.5. The van der Waals surface area contributed by atoms with E-state index >= 15 is 0 Å². The molecule has 1 aliphatic rings. The van der Waals surface area contributed by atoms with E-state index in [1.807, 2.05) is 24.8 Å². The molecule has 1 unspecified atom stereocenters. The summed E-state index contributed by atoms with van der Waals surface area (Å²) in [6.07, 6.45) is 1.03. The summed E-state index contributed by atoms with van der Waals surface area (Å²) >= 11 is 1.42. The SMILES string of the molecule is CCc1ccc(C2CNCCN2C(=O)CSc2nc(C)cc(C)n2)cc1. The molecular formula is C20H26N4OS. The Morgan fingerprint density at radius 2 is 1.92 bits per heavy atom. The van der Waals surface area contributed by atoms with Gasteiger partial charge in [-0.15, -0.1) is 0 Å². The minimum absolute atomic E-state index is 0.0860. The lowest BCUT2D eigenvalue weighted by Crippen LogP contribution is -2.49. The first kappa shape index (κ1) is 18.9. The lowest BCUT2D eigenvalue weighted by molar-refractivity contribution is -0.131. The van der Waals surface area contributed by atoms with E-state index in [1.54, 1.807) is 0 Å². The standard InChI is InChI=1S/C20H26N4OS/c1-4-16-5-7-17(8-6-16)18-12-21-9-10-24(18)19(25)13-26-20-22-14(2)11-15(3)23-20/h5-8,11,18,21H,4,9-10,12-13H2,1-3H3. The molecule has 138 valence electrons. The summed E-state index contributed by atoms with van der Waals surface area (Å²) in [5, 5.41) is 4.09. The molecule has 1 N–H and O–H groups in total. The van der Waals surface area contributed by atoms with Gasteiger partial charge in [0.1, 0.15) is 0 Å². The summed E-state index contributed by atoms with van der Waals surface area (Å²) < 4.78 is 0. The van der Waals surface area contributed by atoms with Crippen LogP contribution in [0.15, 0.2) is 35.5 Å². The highest BCUT2D eigenvalue weighted by Gasteiger charge is 2.27. The van der Waals surface area contributed by atoms with Crippen molar-refractivity contribution in [2.75, 3.05) is 25.4 Å². The minimum Gasteiger partial charge on any atom is -0.332 e. The lowest BCUT2D eigenvalue weighted by atomic mass is 10.0. The van der Waals surface area contributed by atoms with Crippen molar-refractivity contribution in [3.8, 4) is 0 Å². The zero-order valence-electron chi connectivity index (χ0n) is 15.7. The van der Waals surface area contributed by atoms with Crippen LogP contribution in [0.4, 0.5) is 0 Å². The van der Waals surface area contributed by atoms with E-state index in [0.717, 1.165) is 37.4 Å². The molecule has 2 aromatic rings. The number of piperazine rings is 1. The Bertz CT molecular complexity index is 743. The van der Waals surface area contributed by atoms with Gasteiger partial charge in [-0.05, 0) is 37.5 Å². The Morgan fingerprint density at radius 1 is 1.23 bits per heavy atom. The van der Waals surface area contributed by atoms with Crippen molar-refractivity contribution in [3.63, 3.8) is 0 Å². The molecule has 26 heavy (non-hydrogen) atoms. The molecule has 1 amide bonds. The second kappa shape index (κ2) is 8.64. The van der Waals surface area contributed by atoms with Gasteiger partial charge in [0.2, 0.25) is 5.91 Å². The van der Waals surface area contributed by atoms with E-state index in [0.29, 0.717) is 10.9 Å². The molecule has 1 aliphatic heterocycles. The maximum absolute atomic E-state index is 12.9. The number of carbonyl (C=O) groups excluding carboxylic acids is 1. The normalized spacial score (nSPS) is 17.3. The summed E-state index contributed by atoms with van der Waals surface area (Å²) in [5.74, 6) is 0.510. The highest BCUT2D eigenvalue weighted by molar-refractivity contribution is 7.99. The van der Waals surface area contributed by atoms with Gasteiger partial charge in [0.15, 0.2) is 5.16 Å². The van der Waals surface area contributed by atoms with Gasteiger partial charge in [-0.1, -0.05) is 43.0 Å². The Labute approximate surface area is 159 Å². The molecule has 1 atom stereocenters. The van der Waals surface area contributed by atoms with Crippen molar-refractivity contribution in [2.24, 2.45) is 0 Å². The first-order chi connectivity index (χ1) is 12.6. The van der Waals surface area contributed by atoms with Crippen molar-refractivity contribution in [1.29, 1.82) is 0 Å². The van der Waals surface area contributed by atoms with Crippen molar-refractivity contribution < 1.29 is 4.79 Å². The number of hydrogen-bond acceptors (Lipinski definition) is 5. The van der Waals surface area contributed by atoms with E-state index in [9.17, 15) is 4.79 Å². The van der Waals surface area contributed by atoms with Gasteiger partial charge in [-0.2, -0.15) is 0 Å². The third kappa shape index (κ3) is 4.62.